The normalized spacial score (nSPS) is 10.2. The van der Waals surface area contributed by atoms with Gasteiger partial charge >= 0.3 is 0 Å². The van der Waals surface area contributed by atoms with Crippen molar-refractivity contribution in [1.29, 1.82) is 0 Å². The van der Waals surface area contributed by atoms with E-state index in [1.54, 1.807) is 6.07 Å². The van der Waals surface area contributed by atoms with Crippen LogP contribution in [0.15, 0.2) is 35.1 Å². The van der Waals surface area contributed by atoms with Gasteiger partial charge in [-0.1, -0.05) is 23.7 Å². The minimum absolute atomic E-state index is 0.216. The van der Waals surface area contributed by atoms with Crippen LogP contribution >= 0.6 is 27.5 Å². The van der Waals surface area contributed by atoms with Crippen molar-refractivity contribution in [3.05, 3.63) is 51.5 Å². The quantitative estimate of drug-likeness (QED) is 0.919. The molecule has 0 aliphatic carbocycles. The summed E-state index contributed by atoms with van der Waals surface area (Å²) in [5.74, 6) is -0.328. The number of carbonyl (C=O) groups excluding carboxylic acids is 1. The molecule has 1 heterocycles. The minimum Gasteiger partial charge on any atom is -0.320 e. The SMILES string of the molecule is Cc1cccc(NC(=O)c2cnc(Cl)cn2)c1Br. The van der Waals surface area contributed by atoms with E-state index in [9.17, 15) is 4.79 Å². The number of amides is 1. The maximum atomic E-state index is 11.9. The van der Waals surface area contributed by atoms with E-state index < -0.39 is 0 Å². The Hall–Kier alpha value is -1.46. The molecule has 0 unspecified atom stereocenters. The Morgan fingerprint density at radius 1 is 1.33 bits per heavy atom. The predicted molar refractivity (Wildman–Crippen MR) is 73.9 cm³/mol. The van der Waals surface area contributed by atoms with Crippen molar-refractivity contribution in [1.82, 2.24) is 9.97 Å². The molecule has 92 valence electrons. The molecule has 1 N–H and O–H groups in total. The molecule has 1 aromatic heterocycles. The van der Waals surface area contributed by atoms with Gasteiger partial charge in [-0.2, -0.15) is 0 Å². The zero-order valence-electron chi connectivity index (χ0n) is 9.45. The van der Waals surface area contributed by atoms with Gasteiger partial charge < -0.3 is 5.32 Å². The highest BCUT2D eigenvalue weighted by Gasteiger charge is 2.10. The molecule has 0 aliphatic rings. The lowest BCUT2D eigenvalue weighted by Crippen LogP contribution is -2.14. The number of rotatable bonds is 2. The Balaban J connectivity index is 2.21. The van der Waals surface area contributed by atoms with E-state index in [1.165, 1.54) is 12.4 Å². The van der Waals surface area contributed by atoms with Crippen LogP contribution < -0.4 is 5.32 Å². The summed E-state index contributed by atoms with van der Waals surface area (Å²) < 4.78 is 0.847. The van der Waals surface area contributed by atoms with Crippen molar-refractivity contribution >= 4 is 39.1 Å². The Labute approximate surface area is 118 Å². The first kappa shape index (κ1) is 13.0. The number of hydrogen-bond donors (Lipinski definition) is 1. The number of halogens is 2. The molecule has 0 aliphatic heterocycles. The van der Waals surface area contributed by atoms with Crippen molar-refractivity contribution in [3.63, 3.8) is 0 Å². The largest absolute Gasteiger partial charge is 0.320 e. The van der Waals surface area contributed by atoms with E-state index in [1.807, 2.05) is 19.1 Å². The van der Waals surface area contributed by atoms with Crippen LogP contribution in [0.5, 0.6) is 0 Å². The van der Waals surface area contributed by atoms with Crippen molar-refractivity contribution < 1.29 is 4.79 Å². The Kier molecular flexibility index (Phi) is 3.93. The summed E-state index contributed by atoms with van der Waals surface area (Å²) >= 11 is 9.03. The summed E-state index contributed by atoms with van der Waals surface area (Å²) in [6, 6.07) is 5.61. The standard InChI is InChI=1S/C12H9BrClN3O/c1-7-3-2-4-8(11(7)13)17-12(18)9-5-16-10(14)6-15-9/h2-6H,1H3,(H,17,18). The number of benzene rings is 1. The van der Waals surface area contributed by atoms with Crippen LogP contribution in [-0.4, -0.2) is 15.9 Å². The van der Waals surface area contributed by atoms with Crippen LogP contribution in [0.25, 0.3) is 0 Å². The van der Waals surface area contributed by atoms with E-state index in [2.05, 4.69) is 31.2 Å². The fraction of sp³-hybridized carbons (Fsp3) is 0.0833. The Morgan fingerprint density at radius 2 is 2.11 bits per heavy atom. The van der Waals surface area contributed by atoms with Crippen LogP contribution in [0.1, 0.15) is 16.1 Å². The van der Waals surface area contributed by atoms with Crippen molar-refractivity contribution in [3.8, 4) is 0 Å². The smallest absolute Gasteiger partial charge is 0.275 e. The Morgan fingerprint density at radius 3 is 2.78 bits per heavy atom. The summed E-state index contributed by atoms with van der Waals surface area (Å²) in [4.78, 5) is 19.6. The topological polar surface area (TPSA) is 54.9 Å². The average Bonchev–Trinajstić information content (AvgIpc) is 2.36. The van der Waals surface area contributed by atoms with Gasteiger partial charge in [0.1, 0.15) is 10.8 Å². The zero-order chi connectivity index (χ0) is 13.1. The van der Waals surface area contributed by atoms with Gasteiger partial charge in [-0.3, -0.25) is 4.79 Å². The lowest BCUT2D eigenvalue weighted by atomic mass is 10.2. The van der Waals surface area contributed by atoms with Gasteiger partial charge in [0.25, 0.3) is 5.91 Å². The molecule has 18 heavy (non-hydrogen) atoms. The first-order valence-corrected chi connectivity index (χ1v) is 6.29. The second-order valence-corrected chi connectivity index (χ2v) is 4.80. The molecule has 0 atom stereocenters. The number of aromatic nitrogens is 2. The molecule has 2 rings (SSSR count). The van der Waals surface area contributed by atoms with E-state index >= 15 is 0 Å². The molecule has 0 spiro atoms. The first-order valence-electron chi connectivity index (χ1n) is 5.12. The lowest BCUT2D eigenvalue weighted by Gasteiger charge is -2.08. The summed E-state index contributed by atoms with van der Waals surface area (Å²) in [7, 11) is 0. The fourth-order valence-electron chi connectivity index (χ4n) is 1.36. The number of carbonyl (C=O) groups is 1. The van der Waals surface area contributed by atoms with Crippen molar-refractivity contribution in [2.24, 2.45) is 0 Å². The maximum absolute atomic E-state index is 11.9. The van der Waals surface area contributed by atoms with Gasteiger partial charge in [0.2, 0.25) is 0 Å². The molecular formula is C12H9BrClN3O. The monoisotopic (exact) mass is 325 g/mol. The van der Waals surface area contributed by atoms with E-state index in [4.69, 9.17) is 11.6 Å². The highest BCUT2D eigenvalue weighted by Crippen LogP contribution is 2.25. The number of hydrogen-bond acceptors (Lipinski definition) is 3. The fourth-order valence-corrected chi connectivity index (χ4v) is 1.82. The van der Waals surface area contributed by atoms with Crippen LogP contribution in [-0.2, 0) is 0 Å². The Bertz CT molecular complexity index is 586. The zero-order valence-corrected chi connectivity index (χ0v) is 11.8. The van der Waals surface area contributed by atoms with Crippen molar-refractivity contribution in [2.75, 3.05) is 5.32 Å². The number of aryl methyl sites for hydroxylation is 1. The van der Waals surface area contributed by atoms with Crippen LogP contribution in [0.4, 0.5) is 5.69 Å². The summed E-state index contributed by atoms with van der Waals surface area (Å²) in [5.41, 5.74) is 1.94. The predicted octanol–water partition coefficient (Wildman–Crippen LogP) is 3.45. The molecule has 0 fully saturated rings. The summed E-state index contributed by atoms with van der Waals surface area (Å²) in [6.07, 6.45) is 2.67. The van der Waals surface area contributed by atoms with E-state index in [0.29, 0.717) is 5.69 Å². The summed E-state index contributed by atoms with van der Waals surface area (Å²) in [6.45, 7) is 1.95. The molecule has 4 nitrogen and oxygen atoms in total. The van der Waals surface area contributed by atoms with Crippen LogP contribution in [0.2, 0.25) is 5.15 Å². The third-order valence-electron chi connectivity index (χ3n) is 2.29. The number of nitrogens with one attached hydrogen (secondary N) is 1. The van der Waals surface area contributed by atoms with Crippen molar-refractivity contribution in [2.45, 2.75) is 6.92 Å². The number of nitrogens with zero attached hydrogens (tertiary/aromatic N) is 2. The molecule has 1 aromatic carbocycles. The molecular weight excluding hydrogens is 318 g/mol. The number of anilines is 1. The third kappa shape index (κ3) is 2.86. The highest BCUT2D eigenvalue weighted by atomic mass is 79.9. The molecule has 0 saturated heterocycles. The van der Waals surface area contributed by atoms with Gasteiger partial charge in [-0.25, -0.2) is 9.97 Å². The maximum Gasteiger partial charge on any atom is 0.275 e. The lowest BCUT2D eigenvalue weighted by molar-refractivity contribution is 0.102. The molecule has 2 aromatic rings. The van der Waals surface area contributed by atoms with Gasteiger partial charge in [-0.15, -0.1) is 0 Å². The van der Waals surface area contributed by atoms with Gasteiger partial charge in [0.15, 0.2) is 0 Å². The average molecular weight is 327 g/mol. The van der Waals surface area contributed by atoms with E-state index in [0.717, 1.165) is 10.0 Å². The second kappa shape index (κ2) is 5.46. The molecule has 0 bridgehead atoms. The third-order valence-corrected chi connectivity index (χ3v) is 3.54. The molecule has 0 radical (unpaired) electrons. The first-order chi connectivity index (χ1) is 8.58. The summed E-state index contributed by atoms with van der Waals surface area (Å²) in [5, 5.41) is 3.01. The van der Waals surface area contributed by atoms with Gasteiger partial charge in [0.05, 0.1) is 18.1 Å². The molecule has 0 saturated carbocycles. The van der Waals surface area contributed by atoms with E-state index in [-0.39, 0.29) is 16.8 Å². The van der Waals surface area contributed by atoms with Gasteiger partial charge in [-0.05, 0) is 34.5 Å². The minimum atomic E-state index is -0.328. The molecule has 6 heteroatoms. The molecule has 1 amide bonds. The second-order valence-electron chi connectivity index (χ2n) is 3.61. The van der Waals surface area contributed by atoms with Crippen LogP contribution in [0.3, 0.4) is 0 Å². The van der Waals surface area contributed by atoms with Gasteiger partial charge in [0, 0.05) is 4.47 Å². The highest BCUT2D eigenvalue weighted by molar-refractivity contribution is 9.10. The van der Waals surface area contributed by atoms with Crippen LogP contribution in [0, 0.1) is 6.92 Å².